The Balaban J connectivity index is 2.09. The van der Waals surface area contributed by atoms with Gasteiger partial charge in [0, 0.05) is 37.1 Å². The van der Waals surface area contributed by atoms with Gasteiger partial charge in [-0.1, -0.05) is 24.9 Å². The second-order valence-corrected chi connectivity index (χ2v) is 5.98. The van der Waals surface area contributed by atoms with Crippen LogP contribution in [0.2, 0.25) is 4.34 Å². The molecule has 2 rings (SSSR count). The van der Waals surface area contributed by atoms with E-state index in [9.17, 15) is 0 Å². The summed E-state index contributed by atoms with van der Waals surface area (Å²) in [5.74, 6) is 0. The molecule has 2 heterocycles. The van der Waals surface area contributed by atoms with Crippen LogP contribution in [0.25, 0.3) is 0 Å². The molecule has 1 fully saturated rings. The number of halogens is 1. The van der Waals surface area contributed by atoms with Crippen molar-refractivity contribution in [3.05, 3.63) is 21.3 Å². The van der Waals surface area contributed by atoms with E-state index in [1.165, 1.54) is 17.7 Å². The fourth-order valence-corrected chi connectivity index (χ4v) is 3.51. The average molecular weight is 259 g/mol. The van der Waals surface area contributed by atoms with Crippen molar-refractivity contribution in [2.45, 2.75) is 25.8 Å². The van der Waals surface area contributed by atoms with Gasteiger partial charge in [0.15, 0.2) is 0 Å². The lowest BCUT2D eigenvalue weighted by atomic mass is 10.1. The van der Waals surface area contributed by atoms with Gasteiger partial charge in [-0.05, 0) is 18.6 Å². The van der Waals surface area contributed by atoms with Gasteiger partial charge in [-0.25, -0.2) is 0 Å². The summed E-state index contributed by atoms with van der Waals surface area (Å²) in [4.78, 5) is 4.01. The molecular weight excluding hydrogens is 240 g/mol. The first-order chi connectivity index (χ1) is 7.81. The zero-order chi connectivity index (χ0) is 11.4. The number of hydrogen-bond acceptors (Lipinski definition) is 3. The third kappa shape index (κ3) is 2.98. The lowest BCUT2D eigenvalue weighted by Crippen LogP contribution is -2.44. The zero-order valence-corrected chi connectivity index (χ0v) is 11.3. The first-order valence-corrected chi connectivity index (χ1v) is 7.20. The number of nitrogens with zero attached hydrogens (tertiary/aromatic N) is 1. The van der Waals surface area contributed by atoms with Gasteiger partial charge in [-0.2, -0.15) is 0 Å². The van der Waals surface area contributed by atoms with Crippen LogP contribution in [0.4, 0.5) is 0 Å². The van der Waals surface area contributed by atoms with Crippen LogP contribution in [-0.4, -0.2) is 31.1 Å². The van der Waals surface area contributed by atoms with E-state index in [0.29, 0.717) is 6.04 Å². The molecule has 0 saturated carbocycles. The Morgan fingerprint density at radius 1 is 1.44 bits per heavy atom. The summed E-state index contributed by atoms with van der Waals surface area (Å²) in [6, 6.07) is 4.78. The van der Waals surface area contributed by atoms with Crippen molar-refractivity contribution in [3.8, 4) is 0 Å². The molecular formula is C12H19ClN2S. The summed E-state index contributed by atoms with van der Waals surface area (Å²) in [5, 5.41) is 3.40. The molecule has 1 aliphatic heterocycles. The van der Waals surface area contributed by atoms with Crippen LogP contribution in [-0.2, 0) is 0 Å². The molecule has 1 aromatic heterocycles. The SMILES string of the molecule is CCC[C@H](c1ccc(Cl)s1)N1CCNCC1. The fourth-order valence-electron chi connectivity index (χ4n) is 2.28. The molecule has 90 valence electrons. The maximum absolute atomic E-state index is 6.03. The second kappa shape index (κ2) is 6.01. The maximum atomic E-state index is 6.03. The van der Waals surface area contributed by atoms with Crippen LogP contribution >= 0.6 is 22.9 Å². The summed E-state index contributed by atoms with van der Waals surface area (Å²) in [6.07, 6.45) is 2.46. The molecule has 4 heteroatoms. The Morgan fingerprint density at radius 2 is 2.19 bits per heavy atom. The Labute approximate surface area is 107 Å². The van der Waals surface area contributed by atoms with Gasteiger partial charge in [-0.15, -0.1) is 11.3 Å². The molecule has 0 amide bonds. The normalized spacial score (nSPS) is 19.9. The van der Waals surface area contributed by atoms with Crippen LogP contribution in [0.15, 0.2) is 12.1 Å². The van der Waals surface area contributed by atoms with Gasteiger partial charge >= 0.3 is 0 Å². The van der Waals surface area contributed by atoms with Crippen molar-refractivity contribution in [1.29, 1.82) is 0 Å². The molecule has 0 aromatic carbocycles. The predicted molar refractivity (Wildman–Crippen MR) is 71.4 cm³/mol. The number of nitrogens with one attached hydrogen (secondary N) is 1. The van der Waals surface area contributed by atoms with E-state index in [0.717, 1.165) is 30.5 Å². The molecule has 1 aromatic rings. The number of rotatable bonds is 4. The molecule has 1 atom stereocenters. The highest BCUT2D eigenvalue weighted by Gasteiger charge is 2.22. The van der Waals surface area contributed by atoms with Gasteiger partial charge in [0.25, 0.3) is 0 Å². The van der Waals surface area contributed by atoms with Crippen molar-refractivity contribution in [1.82, 2.24) is 10.2 Å². The molecule has 0 aliphatic carbocycles. The Bertz CT molecular complexity index is 321. The third-order valence-electron chi connectivity index (χ3n) is 3.08. The Hall–Kier alpha value is -0.0900. The largest absolute Gasteiger partial charge is 0.314 e. The monoisotopic (exact) mass is 258 g/mol. The van der Waals surface area contributed by atoms with Gasteiger partial charge in [0.2, 0.25) is 0 Å². The molecule has 2 nitrogen and oxygen atoms in total. The summed E-state index contributed by atoms with van der Waals surface area (Å²) >= 11 is 7.76. The van der Waals surface area contributed by atoms with Crippen molar-refractivity contribution >= 4 is 22.9 Å². The van der Waals surface area contributed by atoms with E-state index < -0.39 is 0 Å². The highest BCUT2D eigenvalue weighted by Crippen LogP contribution is 2.33. The highest BCUT2D eigenvalue weighted by atomic mass is 35.5. The molecule has 1 saturated heterocycles. The van der Waals surface area contributed by atoms with Crippen molar-refractivity contribution in [2.75, 3.05) is 26.2 Å². The molecule has 1 aliphatic rings. The maximum Gasteiger partial charge on any atom is 0.0931 e. The molecule has 16 heavy (non-hydrogen) atoms. The lowest BCUT2D eigenvalue weighted by Gasteiger charge is -2.34. The minimum Gasteiger partial charge on any atom is -0.314 e. The van der Waals surface area contributed by atoms with E-state index in [-0.39, 0.29) is 0 Å². The van der Waals surface area contributed by atoms with E-state index in [2.05, 4.69) is 23.2 Å². The van der Waals surface area contributed by atoms with Crippen LogP contribution in [0, 0.1) is 0 Å². The number of hydrogen-bond donors (Lipinski definition) is 1. The van der Waals surface area contributed by atoms with E-state index in [4.69, 9.17) is 11.6 Å². The van der Waals surface area contributed by atoms with E-state index in [1.54, 1.807) is 11.3 Å². The summed E-state index contributed by atoms with van der Waals surface area (Å²) < 4.78 is 0.909. The smallest absolute Gasteiger partial charge is 0.0931 e. The lowest BCUT2D eigenvalue weighted by molar-refractivity contribution is 0.167. The van der Waals surface area contributed by atoms with E-state index >= 15 is 0 Å². The number of piperazine rings is 1. The minimum absolute atomic E-state index is 0.574. The summed E-state index contributed by atoms with van der Waals surface area (Å²) in [6.45, 7) is 6.78. The van der Waals surface area contributed by atoms with Gasteiger partial charge < -0.3 is 5.32 Å². The van der Waals surface area contributed by atoms with E-state index in [1.807, 2.05) is 6.07 Å². The van der Waals surface area contributed by atoms with Gasteiger partial charge in [0.05, 0.1) is 4.34 Å². The molecule has 0 radical (unpaired) electrons. The van der Waals surface area contributed by atoms with Crippen molar-refractivity contribution in [2.24, 2.45) is 0 Å². The van der Waals surface area contributed by atoms with Gasteiger partial charge in [-0.3, -0.25) is 4.90 Å². The Morgan fingerprint density at radius 3 is 2.75 bits per heavy atom. The zero-order valence-electron chi connectivity index (χ0n) is 9.71. The topological polar surface area (TPSA) is 15.3 Å². The number of thiophene rings is 1. The predicted octanol–water partition coefficient (Wildman–Crippen LogP) is 3.15. The van der Waals surface area contributed by atoms with Crippen LogP contribution < -0.4 is 5.32 Å². The molecule has 0 unspecified atom stereocenters. The Kier molecular flexibility index (Phi) is 4.65. The van der Waals surface area contributed by atoms with Crippen LogP contribution in [0.1, 0.15) is 30.7 Å². The average Bonchev–Trinajstić information content (AvgIpc) is 2.74. The molecule has 0 bridgehead atoms. The second-order valence-electron chi connectivity index (χ2n) is 4.23. The molecule has 0 spiro atoms. The quantitative estimate of drug-likeness (QED) is 0.893. The first-order valence-electron chi connectivity index (χ1n) is 6.01. The third-order valence-corrected chi connectivity index (χ3v) is 4.41. The summed E-state index contributed by atoms with van der Waals surface area (Å²) in [7, 11) is 0. The standard InChI is InChI=1S/C12H19ClN2S/c1-2-3-10(11-4-5-12(13)16-11)15-8-6-14-7-9-15/h4-5,10,14H,2-3,6-9H2,1H3/t10-/m1/s1. The van der Waals surface area contributed by atoms with Crippen LogP contribution in [0.3, 0.4) is 0 Å². The van der Waals surface area contributed by atoms with Gasteiger partial charge in [0.1, 0.15) is 0 Å². The minimum atomic E-state index is 0.574. The fraction of sp³-hybridized carbons (Fsp3) is 0.667. The van der Waals surface area contributed by atoms with Crippen molar-refractivity contribution < 1.29 is 0 Å². The molecule has 1 N–H and O–H groups in total. The van der Waals surface area contributed by atoms with Crippen molar-refractivity contribution in [3.63, 3.8) is 0 Å². The highest BCUT2D eigenvalue weighted by molar-refractivity contribution is 7.16. The summed E-state index contributed by atoms with van der Waals surface area (Å²) in [5.41, 5.74) is 0. The first kappa shape index (κ1) is 12.4. The van der Waals surface area contributed by atoms with Crippen LogP contribution in [0.5, 0.6) is 0 Å².